The molecule has 2 rings (SSSR count). The van der Waals surface area contributed by atoms with Crippen molar-refractivity contribution in [3.63, 3.8) is 0 Å². The van der Waals surface area contributed by atoms with Gasteiger partial charge in [0.2, 0.25) is 0 Å². The molecule has 1 aliphatic rings. The van der Waals surface area contributed by atoms with Gasteiger partial charge in [0, 0.05) is 13.1 Å². The summed E-state index contributed by atoms with van der Waals surface area (Å²) >= 11 is 0.847. The molecule has 1 fully saturated rings. The standard InChI is InChI=1S/C13H19NO4S2/c1-9-4-3-6-14(7-5-9)20(17,18)11-8-10(2)12(19-11)13(15)16/h8-9H,3-7H2,1-2H3,(H,15,16). The lowest BCUT2D eigenvalue weighted by Gasteiger charge is -2.18. The first-order chi connectivity index (χ1) is 9.32. The summed E-state index contributed by atoms with van der Waals surface area (Å²) < 4.78 is 26.8. The number of carboxylic acids is 1. The minimum Gasteiger partial charge on any atom is -0.477 e. The molecule has 0 aliphatic carbocycles. The summed E-state index contributed by atoms with van der Waals surface area (Å²) in [5.41, 5.74) is 0.504. The van der Waals surface area contributed by atoms with Crippen LogP contribution in [0.2, 0.25) is 0 Å². The molecule has 1 N–H and O–H groups in total. The normalized spacial score (nSPS) is 21.6. The molecule has 0 saturated carbocycles. The van der Waals surface area contributed by atoms with Gasteiger partial charge < -0.3 is 5.11 Å². The Morgan fingerprint density at radius 2 is 2.10 bits per heavy atom. The monoisotopic (exact) mass is 317 g/mol. The highest BCUT2D eigenvalue weighted by Gasteiger charge is 2.29. The second-order valence-electron chi connectivity index (χ2n) is 5.32. The van der Waals surface area contributed by atoms with Crippen LogP contribution in [0, 0.1) is 12.8 Å². The zero-order valence-electron chi connectivity index (χ0n) is 11.6. The number of aromatic carboxylic acids is 1. The van der Waals surface area contributed by atoms with Crippen LogP contribution in [0.4, 0.5) is 0 Å². The zero-order valence-corrected chi connectivity index (χ0v) is 13.3. The van der Waals surface area contributed by atoms with Crippen LogP contribution in [-0.4, -0.2) is 36.9 Å². The molecule has 1 saturated heterocycles. The summed E-state index contributed by atoms with van der Waals surface area (Å²) in [4.78, 5) is 11.1. The van der Waals surface area contributed by atoms with Crippen molar-refractivity contribution in [3.8, 4) is 0 Å². The number of hydrogen-bond donors (Lipinski definition) is 1. The summed E-state index contributed by atoms with van der Waals surface area (Å²) in [6.07, 6.45) is 2.75. The van der Waals surface area contributed by atoms with Crippen LogP contribution in [0.3, 0.4) is 0 Å². The fourth-order valence-electron chi connectivity index (χ4n) is 2.40. The lowest BCUT2D eigenvalue weighted by atomic mass is 10.0. The first-order valence-electron chi connectivity index (χ1n) is 6.66. The van der Waals surface area contributed by atoms with E-state index in [1.165, 1.54) is 10.4 Å². The van der Waals surface area contributed by atoms with Crippen LogP contribution in [0.5, 0.6) is 0 Å². The van der Waals surface area contributed by atoms with Crippen LogP contribution in [0.25, 0.3) is 0 Å². The smallest absolute Gasteiger partial charge is 0.346 e. The van der Waals surface area contributed by atoms with Crippen LogP contribution in [0.15, 0.2) is 10.3 Å². The van der Waals surface area contributed by atoms with Gasteiger partial charge in [0.05, 0.1) is 0 Å². The van der Waals surface area contributed by atoms with E-state index in [0.717, 1.165) is 30.6 Å². The summed E-state index contributed by atoms with van der Waals surface area (Å²) in [7, 11) is -3.56. The first-order valence-corrected chi connectivity index (χ1v) is 8.92. The van der Waals surface area contributed by atoms with Gasteiger partial charge in [-0.1, -0.05) is 6.92 Å². The minimum atomic E-state index is -3.56. The molecule has 1 aromatic rings. The molecule has 1 atom stereocenters. The molecule has 7 heteroatoms. The van der Waals surface area contributed by atoms with Gasteiger partial charge in [0.1, 0.15) is 9.09 Å². The van der Waals surface area contributed by atoms with Crippen molar-refractivity contribution >= 4 is 27.3 Å². The van der Waals surface area contributed by atoms with Crippen LogP contribution >= 0.6 is 11.3 Å². The minimum absolute atomic E-state index is 0.103. The van der Waals surface area contributed by atoms with Crippen molar-refractivity contribution in [3.05, 3.63) is 16.5 Å². The fourth-order valence-corrected chi connectivity index (χ4v) is 5.42. The maximum absolute atomic E-state index is 12.6. The third-order valence-corrected chi connectivity index (χ3v) is 7.23. The summed E-state index contributed by atoms with van der Waals surface area (Å²) in [5, 5.41) is 9.04. The van der Waals surface area contributed by atoms with Gasteiger partial charge in [-0.15, -0.1) is 11.3 Å². The van der Waals surface area contributed by atoms with Gasteiger partial charge in [-0.05, 0) is 43.7 Å². The second kappa shape index (κ2) is 5.83. The molecule has 0 aromatic carbocycles. The van der Waals surface area contributed by atoms with E-state index in [0.29, 0.717) is 24.6 Å². The largest absolute Gasteiger partial charge is 0.477 e. The number of hydrogen-bond acceptors (Lipinski definition) is 4. The van der Waals surface area contributed by atoms with Crippen molar-refractivity contribution in [2.45, 2.75) is 37.3 Å². The summed E-state index contributed by atoms with van der Waals surface area (Å²) in [6, 6.07) is 1.47. The molecule has 112 valence electrons. The number of rotatable bonds is 3. The van der Waals surface area contributed by atoms with Gasteiger partial charge in [-0.2, -0.15) is 4.31 Å². The molecule has 1 aliphatic heterocycles. The molecule has 20 heavy (non-hydrogen) atoms. The van der Waals surface area contributed by atoms with Crippen LogP contribution in [-0.2, 0) is 10.0 Å². The molecule has 0 spiro atoms. The van der Waals surface area contributed by atoms with E-state index >= 15 is 0 Å². The highest BCUT2D eigenvalue weighted by atomic mass is 32.2. The number of carbonyl (C=O) groups is 1. The van der Waals surface area contributed by atoms with Gasteiger partial charge in [0.25, 0.3) is 10.0 Å². The van der Waals surface area contributed by atoms with Crippen molar-refractivity contribution in [2.75, 3.05) is 13.1 Å². The maximum Gasteiger partial charge on any atom is 0.346 e. The molecule has 5 nitrogen and oxygen atoms in total. The Balaban J connectivity index is 2.30. The third-order valence-electron chi connectivity index (χ3n) is 3.66. The van der Waals surface area contributed by atoms with Gasteiger partial charge in [0.15, 0.2) is 0 Å². The highest BCUT2D eigenvalue weighted by Crippen LogP contribution is 2.30. The third kappa shape index (κ3) is 3.05. The SMILES string of the molecule is Cc1cc(S(=O)(=O)N2CCCC(C)CC2)sc1C(=O)O. The number of aryl methyl sites for hydroxylation is 1. The Labute approximate surface area is 123 Å². The van der Waals surface area contributed by atoms with E-state index in [1.807, 2.05) is 0 Å². The predicted octanol–water partition coefficient (Wildman–Crippen LogP) is 2.57. The Morgan fingerprint density at radius 1 is 1.40 bits per heavy atom. The number of nitrogens with zero attached hydrogens (tertiary/aromatic N) is 1. The van der Waals surface area contributed by atoms with E-state index in [1.54, 1.807) is 6.92 Å². The molecule has 0 radical (unpaired) electrons. The van der Waals surface area contributed by atoms with Crippen molar-refractivity contribution in [1.29, 1.82) is 0 Å². The lowest BCUT2D eigenvalue weighted by molar-refractivity contribution is 0.0701. The van der Waals surface area contributed by atoms with Crippen molar-refractivity contribution < 1.29 is 18.3 Å². The number of thiophene rings is 1. The molecule has 0 amide bonds. The molecular formula is C13H19NO4S2. The van der Waals surface area contributed by atoms with Crippen molar-refractivity contribution in [2.24, 2.45) is 5.92 Å². The average Bonchev–Trinajstić information content (AvgIpc) is 2.62. The van der Waals surface area contributed by atoms with Gasteiger partial charge in [-0.3, -0.25) is 0 Å². The average molecular weight is 317 g/mol. The van der Waals surface area contributed by atoms with Crippen LogP contribution in [0.1, 0.15) is 41.4 Å². The maximum atomic E-state index is 12.6. The van der Waals surface area contributed by atoms with E-state index in [9.17, 15) is 13.2 Å². The zero-order chi connectivity index (χ0) is 14.9. The number of sulfonamides is 1. The van der Waals surface area contributed by atoms with Gasteiger partial charge in [-0.25, -0.2) is 13.2 Å². The summed E-state index contributed by atoms with van der Waals surface area (Å²) in [5.74, 6) is -0.534. The molecule has 2 heterocycles. The quantitative estimate of drug-likeness (QED) is 0.929. The highest BCUT2D eigenvalue weighted by molar-refractivity contribution is 7.91. The van der Waals surface area contributed by atoms with E-state index in [2.05, 4.69) is 6.92 Å². The Morgan fingerprint density at radius 3 is 2.70 bits per heavy atom. The Bertz CT molecular complexity index is 606. The second-order valence-corrected chi connectivity index (χ2v) is 8.54. The molecule has 0 bridgehead atoms. The molecule has 1 unspecified atom stereocenters. The fraction of sp³-hybridized carbons (Fsp3) is 0.615. The lowest BCUT2D eigenvalue weighted by Crippen LogP contribution is -2.31. The Kier molecular flexibility index (Phi) is 4.51. The summed E-state index contributed by atoms with van der Waals surface area (Å²) in [6.45, 7) is 4.80. The Hall–Kier alpha value is -0.920. The predicted molar refractivity (Wildman–Crippen MR) is 77.8 cm³/mol. The molecular weight excluding hydrogens is 298 g/mol. The first kappa shape index (κ1) is 15.5. The van der Waals surface area contributed by atoms with E-state index in [4.69, 9.17) is 5.11 Å². The van der Waals surface area contributed by atoms with Crippen LogP contribution < -0.4 is 0 Å². The topological polar surface area (TPSA) is 74.7 Å². The molecule has 1 aromatic heterocycles. The van der Waals surface area contributed by atoms with E-state index < -0.39 is 16.0 Å². The van der Waals surface area contributed by atoms with Gasteiger partial charge >= 0.3 is 5.97 Å². The van der Waals surface area contributed by atoms with E-state index in [-0.39, 0.29) is 9.09 Å². The number of carboxylic acid groups (broad SMARTS) is 1. The van der Waals surface area contributed by atoms with Crippen molar-refractivity contribution in [1.82, 2.24) is 4.31 Å².